The van der Waals surface area contributed by atoms with E-state index in [4.69, 9.17) is 25.8 Å². The number of para-hydroxylation sites is 1. The van der Waals surface area contributed by atoms with Crippen molar-refractivity contribution >= 4 is 28.9 Å². The van der Waals surface area contributed by atoms with Gasteiger partial charge >= 0.3 is 0 Å². The number of pyridine rings is 1. The standard InChI is InChI=1S/C28H34ClN5O4/c1-27(2,37-4)16-38-20-13-30-12-9-17(20)22-23(33-19-8-5-7-18(29)24(19)36-3)21-25(34-22)28(15-32-26(21)35)10-6-11-31-14-28/h5,7-9,12-13,31,33-34H,6,10-11,14-16H2,1-4H3,(H,32,35)/t28-/m0/s1. The maximum Gasteiger partial charge on any atom is 0.255 e. The predicted molar refractivity (Wildman–Crippen MR) is 148 cm³/mol. The summed E-state index contributed by atoms with van der Waals surface area (Å²) in [5.74, 6) is 0.932. The Morgan fingerprint density at radius 3 is 2.79 bits per heavy atom. The van der Waals surface area contributed by atoms with Crippen LogP contribution in [0.2, 0.25) is 5.02 Å². The van der Waals surface area contributed by atoms with E-state index in [1.54, 1.807) is 32.7 Å². The van der Waals surface area contributed by atoms with Gasteiger partial charge in [0.2, 0.25) is 0 Å². The molecule has 0 unspecified atom stereocenters. The lowest BCUT2D eigenvalue weighted by atomic mass is 9.74. The molecule has 5 rings (SSSR count). The van der Waals surface area contributed by atoms with Crippen LogP contribution in [0, 0.1) is 0 Å². The fraction of sp³-hybridized carbons (Fsp3) is 0.429. The zero-order valence-electron chi connectivity index (χ0n) is 22.2. The molecule has 4 N–H and O–H groups in total. The Hall–Kier alpha value is -3.27. The van der Waals surface area contributed by atoms with Crippen molar-refractivity contribution in [1.29, 1.82) is 0 Å². The highest BCUT2D eigenvalue weighted by Crippen LogP contribution is 2.47. The molecule has 9 nitrogen and oxygen atoms in total. The topological polar surface area (TPSA) is 110 Å². The van der Waals surface area contributed by atoms with Crippen molar-refractivity contribution in [3.63, 3.8) is 0 Å². The number of benzene rings is 1. The molecule has 10 heteroatoms. The molecule has 1 fully saturated rings. The maximum atomic E-state index is 13.5. The molecular weight excluding hydrogens is 506 g/mol. The summed E-state index contributed by atoms with van der Waals surface area (Å²) in [5, 5.41) is 10.6. The first-order valence-corrected chi connectivity index (χ1v) is 13.1. The number of methoxy groups -OCH3 is 2. The van der Waals surface area contributed by atoms with E-state index in [0.29, 0.717) is 46.6 Å². The van der Waals surface area contributed by atoms with Gasteiger partial charge < -0.3 is 35.1 Å². The van der Waals surface area contributed by atoms with E-state index in [1.807, 2.05) is 32.0 Å². The molecule has 2 aromatic heterocycles. The molecule has 1 atom stereocenters. The largest absolute Gasteiger partial charge is 0.493 e. The van der Waals surface area contributed by atoms with Crippen LogP contribution in [0.25, 0.3) is 11.3 Å². The third-order valence-corrected chi connectivity index (χ3v) is 7.73. The summed E-state index contributed by atoms with van der Waals surface area (Å²) in [6, 6.07) is 7.36. The van der Waals surface area contributed by atoms with Crippen molar-refractivity contribution < 1.29 is 19.0 Å². The smallest absolute Gasteiger partial charge is 0.255 e. The fourth-order valence-corrected chi connectivity index (χ4v) is 5.42. The van der Waals surface area contributed by atoms with Gasteiger partial charge in [-0.15, -0.1) is 0 Å². The maximum absolute atomic E-state index is 13.5. The number of hydrogen-bond donors (Lipinski definition) is 4. The second-order valence-electron chi connectivity index (χ2n) is 10.4. The lowest BCUT2D eigenvalue weighted by molar-refractivity contribution is -0.0146. The number of carbonyl (C=O) groups is 1. The number of anilines is 2. The summed E-state index contributed by atoms with van der Waals surface area (Å²) >= 11 is 6.44. The molecule has 202 valence electrons. The Morgan fingerprint density at radius 1 is 1.21 bits per heavy atom. The lowest BCUT2D eigenvalue weighted by Gasteiger charge is -2.40. The van der Waals surface area contributed by atoms with Gasteiger partial charge in [0.15, 0.2) is 5.75 Å². The molecule has 0 aliphatic carbocycles. The van der Waals surface area contributed by atoms with Crippen molar-refractivity contribution in [2.45, 2.75) is 37.7 Å². The van der Waals surface area contributed by atoms with E-state index in [-0.39, 0.29) is 11.3 Å². The predicted octanol–water partition coefficient (Wildman–Crippen LogP) is 4.65. The minimum atomic E-state index is -0.491. The van der Waals surface area contributed by atoms with E-state index in [1.165, 1.54) is 0 Å². The molecule has 0 saturated carbocycles. The van der Waals surface area contributed by atoms with Gasteiger partial charge in [-0.25, -0.2) is 0 Å². The van der Waals surface area contributed by atoms with Crippen LogP contribution in [0.1, 0.15) is 42.7 Å². The van der Waals surface area contributed by atoms with Crippen LogP contribution in [0.4, 0.5) is 11.4 Å². The Morgan fingerprint density at radius 2 is 2.05 bits per heavy atom. The normalized spacial score (nSPS) is 19.1. The van der Waals surface area contributed by atoms with Crippen LogP contribution in [-0.2, 0) is 10.2 Å². The average Bonchev–Trinajstić information content (AvgIpc) is 3.31. The van der Waals surface area contributed by atoms with Gasteiger partial charge in [0.25, 0.3) is 5.91 Å². The number of aromatic nitrogens is 2. The summed E-state index contributed by atoms with van der Waals surface area (Å²) in [4.78, 5) is 21.4. The minimum absolute atomic E-state index is 0.140. The third-order valence-electron chi connectivity index (χ3n) is 7.43. The molecule has 38 heavy (non-hydrogen) atoms. The molecular formula is C28H34ClN5O4. The van der Waals surface area contributed by atoms with Crippen LogP contribution >= 0.6 is 11.6 Å². The highest BCUT2D eigenvalue weighted by Gasteiger charge is 2.44. The fourth-order valence-electron chi connectivity index (χ4n) is 5.17. The highest BCUT2D eigenvalue weighted by molar-refractivity contribution is 6.32. The van der Waals surface area contributed by atoms with Gasteiger partial charge in [-0.05, 0) is 51.4 Å². The third kappa shape index (κ3) is 4.81. The van der Waals surface area contributed by atoms with Crippen LogP contribution in [0.15, 0.2) is 36.7 Å². The second-order valence-corrected chi connectivity index (χ2v) is 10.8. The number of ether oxygens (including phenoxy) is 3. The van der Waals surface area contributed by atoms with E-state index in [9.17, 15) is 4.79 Å². The van der Waals surface area contributed by atoms with E-state index in [2.05, 4.69) is 25.9 Å². The molecule has 2 aliphatic rings. The first kappa shape index (κ1) is 26.3. The summed E-state index contributed by atoms with van der Waals surface area (Å²) in [7, 11) is 3.23. The van der Waals surface area contributed by atoms with E-state index in [0.717, 1.165) is 42.9 Å². The SMILES string of the molecule is COc1c(Cl)cccc1Nc1c(-c2ccncc2OCC(C)(C)OC)[nH]c2c1C(=O)NC[C@@]21CCCNC1. The van der Waals surface area contributed by atoms with Gasteiger partial charge in [-0.1, -0.05) is 17.7 Å². The molecule has 0 radical (unpaired) electrons. The van der Waals surface area contributed by atoms with Crippen LogP contribution < -0.4 is 25.4 Å². The number of amides is 1. The van der Waals surface area contributed by atoms with Gasteiger partial charge in [0, 0.05) is 43.1 Å². The van der Waals surface area contributed by atoms with E-state index < -0.39 is 5.60 Å². The first-order valence-electron chi connectivity index (χ1n) is 12.8. The van der Waals surface area contributed by atoms with Crippen LogP contribution in [-0.4, -0.2) is 61.9 Å². The number of carbonyl (C=O) groups excluding carboxylic acids is 1. The minimum Gasteiger partial charge on any atom is -0.493 e. The number of piperidine rings is 1. The van der Waals surface area contributed by atoms with Crippen molar-refractivity contribution in [2.24, 2.45) is 0 Å². The van der Waals surface area contributed by atoms with Crippen molar-refractivity contribution in [2.75, 3.05) is 45.8 Å². The zero-order chi connectivity index (χ0) is 26.9. The zero-order valence-corrected chi connectivity index (χ0v) is 22.9. The van der Waals surface area contributed by atoms with Gasteiger partial charge in [0.05, 0.1) is 46.6 Å². The monoisotopic (exact) mass is 539 g/mol. The molecule has 1 saturated heterocycles. The number of hydrogen-bond acceptors (Lipinski definition) is 7. The lowest BCUT2D eigenvalue weighted by Crippen LogP contribution is -2.54. The number of fused-ring (bicyclic) bond motifs is 2. The Balaban J connectivity index is 1.69. The number of halogens is 1. The Kier molecular flexibility index (Phi) is 7.26. The number of nitrogens with one attached hydrogen (secondary N) is 4. The van der Waals surface area contributed by atoms with Crippen molar-refractivity contribution in [3.8, 4) is 22.8 Å². The van der Waals surface area contributed by atoms with Crippen LogP contribution in [0.3, 0.4) is 0 Å². The summed E-state index contributed by atoms with van der Waals surface area (Å²) in [6.45, 7) is 6.52. The Labute approximate surface area is 227 Å². The Bertz CT molecular complexity index is 1330. The van der Waals surface area contributed by atoms with Crippen molar-refractivity contribution in [3.05, 3.63) is 52.9 Å². The summed E-state index contributed by atoms with van der Waals surface area (Å²) < 4.78 is 17.4. The van der Waals surface area contributed by atoms with Gasteiger partial charge in [-0.3, -0.25) is 9.78 Å². The van der Waals surface area contributed by atoms with Crippen LogP contribution in [0.5, 0.6) is 11.5 Å². The quantitative estimate of drug-likeness (QED) is 0.330. The first-order chi connectivity index (χ1) is 18.3. The second kappa shape index (κ2) is 10.5. The molecule has 0 bridgehead atoms. The van der Waals surface area contributed by atoms with Crippen molar-refractivity contribution in [1.82, 2.24) is 20.6 Å². The highest BCUT2D eigenvalue weighted by atomic mass is 35.5. The molecule has 1 amide bonds. The summed E-state index contributed by atoms with van der Waals surface area (Å²) in [6.07, 6.45) is 5.37. The van der Waals surface area contributed by atoms with Gasteiger partial charge in [-0.2, -0.15) is 0 Å². The molecule has 1 aromatic carbocycles. The number of nitrogens with zero attached hydrogens (tertiary/aromatic N) is 1. The number of rotatable bonds is 8. The van der Waals surface area contributed by atoms with E-state index >= 15 is 0 Å². The molecule has 2 aliphatic heterocycles. The average molecular weight is 540 g/mol. The molecule has 3 aromatic rings. The number of aromatic amines is 1. The summed E-state index contributed by atoms with van der Waals surface area (Å²) in [5.41, 5.74) is 3.53. The number of H-pyrrole nitrogens is 1. The molecule has 1 spiro atoms. The van der Waals surface area contributed by atoms with Gasteiger partial charge in [0.1, 0.15) is 12.4 Å². The molecule has 4 heterocycles.